The molecule has 1 aromatic carbocycles. The van der Waals surface area contributed by atoms with Crippen LogP contribution < -0.4 is 15.6 Å². The summed E-state index contributed by atoms with van der Waals surface area (Å²) in [5, 5.41) is 2.87. The molecule has 17 heavy (non-hydrogen) atoms. The zero-order valence-corrected chi connectivity index (χ0v) is 9.40. The lowest BCUT2D eigenvalue weighted by Crippen LogP contribution is -2.16. The molecule has 0 aliphatic carbocycles. The summed E-state index contributed by atoms with van der Waals surface area (Å²) in [6.45, 7) is 1.34. The first kappa shape index (κ1) is 11.1. The number of carbonyl (C=O) groups excluding carboxylic acids is 1. The van der Waals surface area contributed by atoms with Crippen molar-refractivity contribution in [2.24, 2.45) is 0 Å². The highest BCUT2D eigenvalue weighted by Crippen LogP contribution is 2.16. The molecule has 2 aromatic rings. The number of aromatic nitrogens is 2. The van der Waals surface area contributed by atoms with E-state index in [-0.39, 0.29) is 17.4 Å². The Hall–Kier alpha value is -2.37. The van der Waals surface area contributed by atoms with E-state index in [9.17, 15) is 9.59 Å². The number of ether oxygens (including phenoxy) is 1. The SMILES string of the molecule is COc1ccc2c(=O)[nH]c(NC(C)=O)nc2c1. The summed E-state index contributed by atoms with van der Waals surface area (Å²) in [4.78, 5) is 29.2. The minimum Gasteiger partial charge on any atom is -0.497 e. The maximum Gasteiger partial charge on any atom is 0.260 e. The third-order valence-corrected chi connectivity index (χ3v) is 2.21. The number of H-pyrrole nitrogens is 1. The van der Waals surface area contributed by atoms with Crippen molar-refractivity contribution >= 4 is 22.8 Å². The fourth-order valence-corrected chi connectivity index (χ4v) is 1.47. The minimum atomic E-state index is -0.304. The van der Waals surface area contributed by atoms with Crippen molar-refractivity contribution in [3.8, 4) is 5.75 Å². The Morgan fingerprint density at radius 1 is 1.47 bits per heavy atom. The fourth-order valence-electron chi connectivity index (χ4n) is 1.47. The average molecular weight is 233 g/mol. The van der Waals surface area contributed by atoms with Crippen LogP contribution in [0.25, 0.3) is 10.9 Å². The normalized spacial score (nSPS) is 10.2. The number of nitrogens with zero attached hydrogens (tertiary/aromatic N) is 1. The van der Waals surface area contributed by atoms with Gasteiger partial charge in [0.2, 0.25) is 11.9 Å². The number of fused-ring (bicyclic) bond motifs is 1. The molecular weight excluding hydrogens is 222 g/mol. The molecule has 6 nitrogen and oxygen atoms in total. The molecule has 2 rings (SSSR count). The van der Waals surface area contributed by atoms with Gasteiger partial charge in [-0.25, -0.2) is 4.98 Å². The predicted octanol–water partition coefficient (Wildman–Crippen LogP) is 0.890. The first-order chi connectivity index (χ1) is 8.10. The summed E-state index contributed by atoms with van der Waals surface area (Å²) < 4.78 is 5.04. The molecule has 0 aliphatic heterocycles. The van der Waals surface area contributed by atoms with Gasteiger partial charge in [-0.05, 0) is 12.1 Å². The third kappa shape index (κ3) is 2.25. The molecule has 6 heteroatoms. The van der Waals surface area contributed by atoms with Gasteiger partial charge in [0.15, 0.2) is 0 Å². The number of nitrogens with one attached hydrogen (secondary N) is 2. The van der Waals surface area contributed by atoms with E-state index in [1.807, 2.05) is 0 Å². The van der Waals surface area contributed by atoms with Crippen molar-refractivity contribution < 1.29 is 9.53 Å². The molecule has 88 valence electrons. The quantitative estimate of drug-likeness (QED) is 0.806. The number of hydrogen-bond donors (Lipinski definition) is 2. The number of amides is 1. The van der Waals surface area contributed by atoms with Crippen LogP contribution in [0, 0.1) is 0 Å². The number of anilines is 1. The highest BCUT2D eigenvalue weighted by molar-refractivity contribution is 5.88. The van der Waals surface area contributed by atoms with E-state index in [0.717, 1.165) is 0 Å². The Balaban J connectivity index is 2.61. The van der Waals surface area contributed by atoms with Gasteiger partial charge in [-0.1, -0.05) is 0 Å². The second-order valence-electron chi connectivity index (χ2n) is 3.48. The van der Waals surface area contributed by atoms with Gasteiger partial charge in [-0.15, -0.1) is 0 Å². The average Bonchev–Trinajstić information content (AvgIpc) is 2.27. The Labute approximate surface area is 96.6 Å². The summed E-state index contributed by atoms with van der Waals surface area (Å²) in [7, 11) is 1.53. The Morgan fingerprint density at radius 2 is 2.24 bits per heavy atom. The molecule has 0 radical (unpaired) electrons. The summed E-state index contributed by atoms with van der Waals surface area (Å²) in [5.74, 6) is 0.433. The highest BCUT2D eigenvalue weighted by Gasteiger charge is 2.05. The van der Waals surface area contributed by atoms with E-state index in [1.54, 1.807) is 18.2 Å². The van der Waals surface area contributed by atoms with Gasteiger partial charge >= 0.3 is 0 Å². The van der Waals surface area contributed by atoms with E-state index in [1.165, 1.54) is 14.0 Å². The van der Waals surface area contributed by atoms with Crippen LogP contribution in [-0.2, 0) is 4.79 Å². The molecule has 0 bridgehead atoms. The van der Waals surface area contributed by atoms with E-state index >= 15 is 0 Å². The lowest BCUT2D eigenvalue weighted by Gasteiger charge is -2.04. The smallest absolute Gasteiger partial charge is 0.260 e. The Morgan fingerprint density at radius 3 is 2.88 bits per heavy atom. The van der Waals surface area contributed by atoms with Crippen LogP contribution in [0.3, 0.4) is 0 Å². The molecule has 0 saturated carbocycles. The van der Waals surface area contributed by atoms with Gasteiger partial charge in [0.1, 0.15) is 5.75 Å². The van der Waals surface area contributed by atoms with Crippen LogP contribution in [0.4, 0.5) is 5.95 Å². The molecule has 1 aromatic heterocycles. The van der Waals surface area contributed by atoms with Crippen molar-refractivity contribution in [1.29, 1.82) is 0 Å². The molecule has 0 aliphatic rings. The number of hydrogen-bond acceptors (Lipinski definition) is 4. The lowest BCUT2D eigenvalue weighted by atomic mass is 10.2. The van der Waals surface area contributed by atoms with Gasteiger partial charge < -0.3 is 4.74 Å². The topological polar surface area (TPSA) is 84.1 Å². The summed E-state index contributed by atoms with van der Waals surface area (Å²) >= 11 is 0. The van der Waals surface area contributed by atoms with Crippen LogP contribution in [0.1, 0.15) is 6.92 Å². The second kappa shape index (κ2) is 4.25. The maximum absolute atomic E-state index is 11.7. The standard InChI is InChI=1S/C11H11N3O3/c1-6(15)12-11-13-9-5-7(17-2)3-4-8(9)10(16)14-11/h3-5H,1-2H3,(H2,12,13,14,15,16). The summed E-state index contributed by atoms with van der Waals surface area (Å²) in [5.41, 5.74) is 0.165. The molecular formula is C11H11N3O3. The molecule has 2 N–H and O–H groups in total. The summed E-state index contributed by atoms with van der Waals surface area (Å²) in [6, 6.07) is 4.94. The van der Waals surface area contributed by atoms with Crippen molar-refractivity contribution in [2.75, 3.05) is 12.4 Å². The van der Waals surface area contributed by atoms with Gasteiger partial charge in [0.25, 0.3) is 5.56 Å². The van der Waals surface area contributed by atoms with Crippen LogP contribution in [0.15, 0.2) is 23.0 Å². The number of rotatable bonds is 2. The third-order valence-electron chi connectivity index (χ3n) is 2.21. The van der Waals surface area contributed by atoms with Crippen molar-refractivity contribution in [3.63, 3.8) is 0 Å². The van der Waals surface area contributed by atoms with E-state index in [2.05, 4.69) is 15.3 Å². The number of aromatic amines is 1. The number of carbonyl (C=O) groups is 1. The van der Waals surface area contributed by atoms with Crippen LogP contribution in [0.2, 0.25) is 0 Å². The minimum absolute atomic E-state index is 0.128. The summed E-state index contributed by atoms with van der Waals surface area (Å²) in [6.07, 6.45) is 0. The van der Waals surface area contributed by atoms with E-state index in [4.69, 9.17) is 4.74 Å². The fraction of sp³-hybridized carbons (Fsp3) is 0.182. The van der Waals surface area contributed by atoms with E-state index in [0.29, 0.717) is 16.7 Å². The molecule has 1 heterocycles. The van der Waals surface area contributed by atoms with Crippen LogP contribution in [0.5, 0.6) is 5.75 Å². The zero-order chi connectivity index (χ0) is 12.4. The van der Waals surface area contributed by atoms with Crippen LogP contribution >= 0.6 is 0 Å². The molecule has 0 unspecified atom stereocenters. The molecule has 0 spiro atoms. The van der Waals surface area contributed by atoms with Gasteiger partial charge in [0.05, 0.1) is 18.0 Å². The molecule has 1 amide bonds. The number of benzene rings is 1. The first-order valence-corrected chi connectivity index (χ1v) is 4.96. The van der Waals surface area contributed by atoms with Gasteiger partial charge in [-0.3, -0.25) is 19.9 Å². The predicted molar refractivity (Wildman–Crippen MR) is 63.2 cm³/mol. The van der Waals surface area contributed by atoms with Crippen molar-refractivity contribution in [1.82, 2.24) is 9.97 Å². The lowest BCUT2D eigenvalue weighted by molar-refractivity contribution is -0.114. The molecule has 0 atom stereocenters. The Kier molecular flexibility index (Phi) is 2.78. The maximum atomic E-state index is 11.7. The molecule has 0 saturated heterocycles. The van der Waals surface area contributed by atoms with E-state index < -0.39 is 0 Å². The Bertz CT molecular complexity index is 633. The second-order valence-corrected chi connectivity index (χ2v) is 3.48. The van der Waals surface area contributed by atoms with Crippen molar-refractivity contribution in [3.05, 3.63) is 28.6 Å². The highest BCUT2D eigenvalue weighted by atomic mass is 16.5. The van der Waals surface area contributed by atoms with Gasteiger partial charge in [-0.2, -0.15) is 0 Å². The van der Waals surface area contributed by atoms with Gasteiger partial charge in [0, 0.05) is 13.0 Å². The monoisotopic (exact) mass is 233 g/mol. The largest absolute Gasteiger partial charge is 0.497 e. The zero-order valence-electron chi connectivity index (χ0n) is 9.40. The van der Waals surface area contributed by atoms with Crippen LogP contribution in [-0.4, -0.2) is 23.0 Å². The number of methoxy groups -OCH3 is 1. The molecule has 0 fully saturated rings. The first-order valence-electron chi connectivity index (χ1n) is 4.96. The van der Waals surface area contributed by atoms with Crippen molar-refractivity contribution in [2.45, 2.75) is 6.92 Å².